The molecule has 1 aliphatic carbocycles. The maximum atomic E-state index is 13.8. The smallest absolute Gasteiger partial charge is 0.326 e. The van der Waals surface area contributed by atoms with E-state index >= 15 is 0 Å². The Balaban J connectivity index is 2.29. The molecule has 1 fully saturated rings. The highest BCUT2D eigenvalue weighted by molar-refractivity contribution is 9.10. The number of halogens is 1. The van der Waals surface area contributed by atoms with Crippen molar-refractivity contribution in [3.63, 3.8) is 0 Å². The van der Waals surface area contributed by atoms with E-state index in [1.807, 2.05) is 0 Å². The van der Waals surface area contributed by atoms with Crippen LogP contribution >= 0.6 is 15.9 Å². The van der Waals surface area contributed by atoms with E-state index in [1.165, 1.54) is 13.0 Å². The van der Waals surface area contributed by atoms with Crippen LogP contribution in [0, 0.1) is 5.92 Å². The summed E-state index contributed by atoms with van der Waals surface area (Å²) in [5.74, 6) is -4.12. The summed E-state index contributed by atoms with van der Waals surface area (Å²) in [4.78, 5) is 79.3. The highest BCUT2D eigenvalue weighted by atomic mass is 79.9. The maximum absolute atomic E-state index is 13.8. The molecule has 0 unspecified atom stereocenters. The van der Waals surface area contributed by atoms with E-state index in [1.54, 1.807) is 24.3 Å². The van der Waals surface area contributed by atoms with Gasteiger partial charge in [-0.05, 0) is 95.0 Å². The van der Waals surface area contributed by atoms with Gasteiger partial charge in [0, 0.05) is 10.9 Å². The predicted molar refractivity (Wildman–Crippen MR) is 206 cm³/mol. The van der Waals surface area contributed by atoms with Crippen LogP contribution in [-0.2, 0) is 35.2 Å². The van der Waals surface area contributed by atoms with Crippen LogP contribution in [0.2, 0.25) is 0 Å². The number of hydrogen-bond donors (Lipinski definition) is 9. The first-order valence-corrected chi connectivity index (χ1v) is 19.3. The molecule has 15 nitrogen and oxygen atoms in total. The third-order valence-corrected chi connectivity index (χ3v) is 9.78. The van der Waals surface area contributed by atoms with Crippen LogP contribution in [0.1, 0.15) is 89.5 Å². The molecule has 6 atom stereocenters. The summed E-state index contributed by atoms with van der Waals surface area (Å²) in [5.41, 5.74) is 17.7. The van der Waals surface area contributed by atoms with Crippen molar-refractivity contribution in [1.82, 2.24) is 26.6 Å². The molecule has 12 N–H and O–H groups in total. The third-order valence-electron chi connectivity index (χ3n) is 9.25. The second-order valence-corrected chi connectivity index (χ2v) is 14.7. The minimum atomic E-state index is -1.19. The SMILES string of the molecule is C=CC[C@H](NC(=O)[C@H](CCCCN)NC(=O)[C@H](CCCCN)NC(=O)[C@H](C)N)C(=O)N[C@@H](Cc1ccc(Br)cc1)C(=O)N[C@@H](CC1CCCC1)C(=O)O. The Kier molecular flexibility index (Phi) is 20.9. The van der Waals surface area contributed by atoms with Crippen molar-refractivity contribution in [3.05, 3.63) is 47.0 Å². The van der Waals surface area contributed by atoms with Crippen LogP contribution in [0.5, 0.6) is 0 Å². The van der Waals surface area contributed by atoms with E-state index in [9.17, 15) is 33.9 Å². The topological polar surface area (TPSA) is 261 Å². The quantitative estimate of drug-likeness (QED) is 0.0505. The molecule has 0 radical (unpaired) electrons. The van der Waals surface area contributed by atoms with Crippen molar-refractivity contribution in [2.75, 3.05) is 13.1 Å². The first-order valence-electron chi connectivity index (χ1n) is 18.5. The highest BCUT2D eigenvalue weighted by Gasteiger charge is 2.33. The zero-order chi connectivity index (χ0) is 39.3. The number of amides is 5. The monoisotopic (exact) mass is 806 g/mol. The first-order chi connectivity index (χ1) is 25.3. The summed E-state index contributed by atoms with van der Waals surface area (Å²) in [6.45, 7) is 5.97. The van der Waals surface area contributed by atoms with Crippen molar-refractivity contribution in [3.8, 4) is 0 Å². The molecule has 1 aromatic carbocycles. The van der Waals surface area contributed by atoms with Gasteiger partial charge in [-0.2, -0.15) is 0 Å². The largest absolute Gasteiger partial charge is 0.480 e. The number of carbonyl (C=O) groups excluding carboxylic acids is 5. The molecule has 1 saturated carbocycles. The summed E-state index contributed by atoms with van der Waals surface area (Å²) in [7, 11) is 0. The molecule has 5 amide bonds. The minimum absolute atomic E-state index is 0.0146. The van der Waals surface area contributed by atoms with Crippen LogP contribution < -0.4 is 43.8 Å². The van der Waals surface area contributed by atoms with Crippen LogP contribution in [0.15, 0.2) is 41.4 Å². The number of nitrogens with two attached hydrogens (primary N) is 3. The Morgan fingerprint density at radius 1 is 0.755 bits per heavy atom. The molecule has 0 heterocycles. The van der Waals surface area contributed by atoms with Crippen LogP contribution in [0.4, 0.5) is 0 Å². The standard InChI is InChI=1S/C37H59BrN8O7/c1-3-10-27(43-35(50)29(14-7-9-20-40)44-34(49)28(13-6-8-19-39)42-32(47)23(2)41)33(48)45-30(21-25-15-17-26(38)18-16-25)36(51)46-31(37(52)53)22-24-11-4-5-12-24/h3,15-18,23-24,27-31H,1,4-14,19-22,39-41H2,2H3,(H,42,47)(H,43,50)(H,44,49)(H,45,48)(H,46,51)(H,52,53)/t23-,27-,28-,29-,30-,31-/m0/s1. The lowest BCUT2D eigenvalue weighted by Gasteiger charge is -2.27. The zero-order valence-corrected chi connectivity index (χ0v) is 32.3. The van der Waals surface area contributed by atoms with Gasteiger partial charge in [-0.3, -0.25) is 24.0 Å². The molecular weight excluding hydrogens is 748 g/mol. The molecule has 0 saturated heterocycles. The second-order valence-electron chi connectivity index (χ2n) is 13.7. The molecule has 1 aliphatic rings. The number of rotatable bonds is 25. The molecule has 53 heavy (non-hydrogen) atoms. The predicted octanol–water partition coefficient (Wildman–Crippen LogP) is 1.26. The average Bonchev–Trinajstić information content (AvgIpc) is 3.64. The van der Waals surface area contributed by atoms with E-state index in [0.29, 0.717) is 44.3 Å². The van der Waals surface area contributed by atoms with Gasteiger partial charge in [-0.15, -0.1) is 6.58 Å². The summed E-state index contributed by atoms with van der Waals surface area (Å²) in [5, 5.41) is 23.4. The zero-order valence-electron chi connectivity index (χ0n) is 30.7. The summed E-state index contributed by atoms with van der Waals surface area (Å²) in [6, 6.07) is 0.705. The molecule has 0 aromatic heterocycles. The Labute approximate surface area is 320 Å². The van der Waals surface area contributed by atoms with E-state index in [-0.39, 0.29) is 38.0 Å². The normalized spacial score (nSPS) is 16.2. The Morgan fingerprint density at radius 3 is 1.70 bits per heavy atom. The van der Waals surface area contributed by atoms with Gasteiger partial charge in [-0.25, -0.2) is 4.79 Å². The fourth-order valence-corrected chi connectivity index (χ4v) is 6.44. The molecule has 0 spiro atoms. The molecule has 16 heteroatoms. The number of aliphatic carboxylic acids is 1. The van der Waals surface area contributed by atoms with Crippen molar-refractivity contribution < 1.29 is 33.9 Å². The second kappa shape index (κ2) is 24.5. The lowest BCUT2D eigenvalue weighted by molar-refractivity contribution is -0.143. The lowest BCUT2D eigenvalue weighted by atomic mass is 9.97. The van der Waals surface area contributed by atoms with Crippen LogP contribution in [-0.4, -0.2) is 90.0 Å². The van der Waals surface area contributed by atoms with Crippen LogP contribution in [0.3, 0.4) is 0 Å². The van der Waals surface area contributed by atoms with Crippen LogP contribution in [0.25, 0.3) is 0 Å². The van der Waals surface area contributed by atoms with E-state index in [4.69, 9.17) is 17.2 Å². The molecule has 296 valence electrons. The van der Waals surface area contributed by atoms with Gasteiger partial charge in [0.05, 0.1) is 6.04 Å². The Morgan fingerprint density at radius 2 is 1.21 bits per heavy atom. The van der Waals surface area contributed by atoms with Gasteiger partial charge >= 0.3 is 5.97 Å². The van der Waals surface area contributed by atoms with E-state index < -0.39 is 71.8 Å². The van der Waals surface area contributed by atoms with Gasteiger partial charge < -0.3 is 48.9 Å². The molecular formula is C37H59BrN8O7. The summed E-state index contributed by atoms with van der Waals surface area (Å²) < 4.78 is 0.814. The van der Waals surface area contributed by atoms with E-state index in [2.05, 4.69) is 49.1 Å². The van der Waals surface area contributed by atoms with Gasteiger partial charge in [0.15, 0.2) is 0 Å². The molecule has 1 aromatic rings. The van der Waals surface area contributed by atoms with Gasteiger partial charge in [-0.1, -0.05) is 59.8 Å². The molecule has 2 rings (SSSR count). The van der Waals surface area contributed by atoms with Crippen molar-refractivity contribution in [2.45, 2.75) is 127 Å². The number of carboxylic acids is 1. The number of benzene rings is 1. The Hall–Kier alpha value is -3.86. The third kappa shape index (κ3) is 16.8. The van der Waals surface area contributed by atoms with Gasteiger partial charge in [0.1, 0.15) is 30.2 Å². The van der Waals surface area contributed by atoms with Crippen molar-refractivity contribution in [2.24, 2.45) is 23.1 Å². The number of nitrogens with one attached hydrogen (secondary N) is 5. The fourth-order valence-electron chi connectivity index (χ4n) is 6.18. The molecule has 0 bridgehead atoms. The van der Waals surface area contributed by atoms with Gasteiger partial charge in [0.2, 0.25) is 29.5 Å². The lowest BCUT2D eigenvalue weighted by Crippen LogP contribution is -2.59. The number of carboxylic acid groups (broad SMARTS) is 1. The average molecular weight is 808 g/mol. The van der Waals surface area contributed by atoms with E-state index in [0.717, 1.165) is 30.2 Å². The number of unbranched alkanes of at least 4 members (excludes halogenated alkanes) is 2. The highest BCUT2D eigenvalue weighted by Crippen LogP contribution is 2.28. The van der Waals surface area contributed by atoms with Crippen molar-refractivity contribution in [1.29, 1.82) is 0 Å². The number of carbonyl (C=O) groups is 6. The summed E-state index contributed by atoms with van der Waals surface area (Å²) in [6.07, 6.45) is 8.26. The summed E-state index contributed by atoms with van der Waals surface area (Å²) >= 11 is 3.39. The molecule has 0 aliphatic heterocycles. The van der Waals surface area contributed by atoms with Crippen molar-refractivity contribution >= 4 is 51.4 Å². The fraction of sp³-hybridized carbons (Fsp3) is 0.622. The Bertz CT molecular complexity index is 1360. The first kappa shape index (κ1) is 45.3. The minimum Gasteiger partial charge on any atom is -0.480 e. The maximum Gasteiger partial charge on any atom is 0.326 e. The number of hydrogen-bond acceptors (Lipinski definition) is 9. The van der Waals surface area contributed by atoms with Gasteiger partial charge in [0.25, 0.3) is 0 Å².